The van der Waals surface area contributed by atoms with Gasteiger partial charge in [0.15, 0.2) is 6.10 Å². The molecular weight excluding hydrogens is 324 g/mol. The Labute approximate surface area is 136 Å². The molecule has 0 bridgehead atoms. The lowest BCUT2D eigenvalue weighted by Gasteiger charge is -2.32. The van der Waals surface area contributed by atoms with E-state index in [9.17, 15) is 19.7 Å². The smallest absolute Gasteiger partial charge is 0.334 e. The van der Waals surface area contributed by atoms with E-state index in [4.69, 9.17) is 9.84 Å². The van der Waals surface area contributed by atoms with E-state index in [1.54, 1.807) is 19.1 Å². The van der Waals surface area contributed by atoms with E-state index in [2.05, 4.69) is 0 Å². The molecule has 1 amide bonds. The highest BCUT2D eigenvalue weighted by Crippen LogP contribution is 2.26. The van der Waals surface area contributed by atoms with Crippen molar-refractivity contribution in [3.8, 4) is 0 Å². The highest BCUT2D eigenvalue weighted by molar-refractivity contribution is 8.00. The summed E-state index contributed by atoms with van der Waals surface area (Å²) in [6.45, 7) is 2.30. The van der Waals surface area contributed by atoms with Crippen LogP contribution in [0.3, 0.4) is 0 Å². The van der Waals surface area contributed by atoms with Gasteiger partial charge < -0.3 is 14.7 Å². The predicted molar refractivity (Wildman–Crippen MR) is 82.4 cm³/mol. The van der Waals surface area contributed by atoms with E-state index in [-0.39, 0.29) is 24.7 Å². The molecule has 1 saturated heterocycles. The largest absolute Gasteiger partial charge is 0.479 e. The van der Waals surface area contributed by atoms with Crippen LogP contribution in [-0.4, -0.2) is 57.9 Å². The van der Waals surface area contributed by atoms with E-state index in [1.165, 1.54) is 28.8 Å². The molecule has 0 aromatic heterocycles. The van der Waals surface area contributed by atoms with Crippen molar-refractivity contribution in [2.24, 2.45) is 0 Å². The molecule has 0 aliphatic carbocycles. The summed E-state index contributed by atoms with van der Waals surface area (Å²) in [7, 11) is 0. The Balaban J connectivity index is 1.96. The molecule has 2 atom stereocenters. The van der Waals surface area contributed by atoms with Gasteiger partial charge in [-0.15, -0.1) is 11.8 Å². The molecule has 2 rings (SSSR count). The SMILES string of the molecule is CC(Sc1ccc([N+](=O)[O-])cc1)C(=O)N1CCOC(C(=O)O)C1. The molecule has 23 heavy (non-hydrogen) atoms. The number of carboxylic acids is 1. The number of ether oxygens (including phenoxy) is 1. The van der Waals surface area contributed by atoms with Crippen LogP contribution in [0.1, 0.15) is 6.92 Å². The lowest BCUT2D eigenvalue weighted by molar-refractivity contribution is -0.384. The second-order valence-electron chi connectivity index (χ2n) is 4.99. The summed E-state index contributed by atoms with van der Waals surface area (Å²) in [5.74, 6) is -1.26. The maximum absolute atomic E-state index is 12.4. The molecule has 1 aromatic rings. The number of non-ortho nitro benzene ring substituents is 1. The zero-order chi connectivity index (χ0) is 17.0. The van der Waals surface area contributed by atoms with E-state index in [0.717, 1.165) is 4.90 Å². The second-order valence-corrected chi connectivity index (χ2v) is 6.41. The first kappa shape index (κ1) is 17.2. The lowest BCUT2D eigenvalue weighted by Crippen LogP contribution is -2.50. The number of rotatable bonds is 5. The Morgan fingerprint density at radius 3 is 2.65 bits per heavy atom. The van der Waals surface area contributed by atoms with Crippen molar-refractivity contribution in [3.63, 3.8) is 0 Å². The van der Waals surface area contributed by atoms with Gasteiger partial charge >= 0.3 is 5.97 Å². The van der Waals surface area contributed by atoms with Gasteiger partial charge in [-0.05, 0) is 19.1 Å². The fourth-order valence-corrected chi connectivity index (χ4v) is 3.11. The molecule has 1 heterocycles. The zero-order valence-corrected chi connectivity index (χ0v) is 13.2. The number of nitro benzene ring substituents is 1. The van der Waals surface area contributed by atoms with Gasteiger partial charge in [-0.25, -0.2) is 4.79 Å². The Morgan fingerprint density at radius 2 is 2.09 bits per heavy atom. The minimum atomic E-state index is -1.09. The lowest BCUT2D eigenvalue weighted by atomic mass is 10.2. The number of carboxylic acid groups (broad SMARTS) is 1. The molecule has 1 fully saturated rings. The molecule has 0 saturated carbocycles. The third-order valence-corrected chi connectivity index (χ3v) is 4.46. The van der Waals surface area contributed by atoms with E-state index in [0.29, 0.717) is 6.54 Å². The molecule has 8 nitrogen and oxygen atoms in total. The van der Waals surface area contributed by atoms with Crippen LogP contribution in [-0.2, 0) is 14.3 Å². The summed E-state index contributed by atoms with van der Waals surface area (Å²) in [5.41, 5.74) is -0.00851. The monoisotopic (exact) mass is 340 g/mol. The topological polar surface area (TPSA) is 110 Å². The highest BCUT2D eigenvalue weighted by Gasteiger charge is 2.31. The van der Waals surface area contributed by atoms with Crippen molar-refractivity contribution < 1.29 is 24.4 Å². The molecular formula is C14H16N2O6S. The summed E-state index contributed by atoms with van der Waals surface area (Å²) < 4.78 is 5.09. The van der Waals surface area contributed by atoms with Crippen molar-refractivity contribution in [1.29, 1.82) is 0 Å². The van der Waals surface area contributed by atoms with Crippen LogP contribution >= 0.6 is 11.8 Å². The quantitative estimate of drug-likeness (QED) is 0.490. The van der Waals surface area contributed by atoms with Crippen molar-refractivity contribution in [2.75, 3.05) is 19.7 Å². The number of aliphatic carboxylic acids is 1. The molecule has 2 unspecified atom stereocenters. The third-order valence-electron chi connectivity index (χ3n) is 3.36. The number of carbonyl (C=O) groups excluding carboxylic acids is 1. The van der Waals surface area contributed by atoms with Gasteiger partial charge in [-0.1, -0.05) is 0 Å². The molecule has 1 aliphatic rings. The van der Waals surface area contributed by atoms with Crippen molar-refractivity contribution in [1.82, 2.24) is 4.90 Å². The molecule has 1 N–H and O–H groups in total. The van der Waals surface area contributed by atoms with Gasteiger partial charge in [0.25, 0.3) is 5.69 Å². The number of morpholine rings is 1. The standard InChI is InChI=1S/C14H16N2O6S/c1-9(23-11-4-2-10(3-5-11)16(20)21)13(17)15-6-7-22-12(8-15)14(18)19/h2-5,9,12H,6-8H2,1H3,(H,18,19). The number of carbonyl (C=O) groups is 2. The fourth-order valence-electron chi connectivity index (χ4n) is 2.16. The summed E-state index contributed by atoms with van der Waals surface area (Å²) >= 11 is 1.27. The Hall–Kier alpha value is -2.13. The zero-order valence-electron chi connectivity index (χ0n) is 12.4. The molecule has 1 aliphatic heterocycles. The molecule has 0 radical (unpaired) electrons. The molecule has 1 aromatic carbocycles. The fraction of sp³-hybridized carbons (Fsp3) is 0.429. The van der Waals surface area contributed by atoms with Crippen molar-refractivity contribution in [2.45, 2.75) is 23.2 Å². The van der Waals surface area contributed by atoms with E-state index in [1.807, 2.05) is 0 Å². The van der Waals surface area contributed by atoms with Gasteiger partial charge in [0.1, 0.15) is 0 Å². The van der Waals surface area contributed by atoms with Crippen molar-refractivity contribution >= 4 is 29.3 Å². The van der Waals surface area contributed by atoms with E-state index < -0.39 is 22.2 Å². The molecule has 0 spiro atoms. The minimum Gasteiger partial charge on any atom is -0.479 e. The predicted octanol–water partition coefficient (Wildman–Crippen LogP) is 1.39. The van der Waals surface area contributed by atoms with Crippen LogP contribution in [0.25, 0.3) is 0 Å². The van der Waals surface area contributed by atoms with Crippen LogP contribution in [0, 0.1) is 10.1 Å². The van der Waals surface area contributed by atoms with Gasteiger partial charge in [-0.2, -0.15) is 0 Å². The van der Waals surface area contributed by atoms with E-state index >= 15 is 0 Å². The van der Waals surface area contributed by atoms with Gasteiger partial charge in [-0.3, -0.25) is 14.9 Å². The Morgan fingerprint density at radius 1 is 1.43 bits per heavy atom. The number of hydrogen-bond donors (Lipinski definition) is 1. The van der Waals surface area contributed by atoms with Gasteiger partial charge in [0.2, 0.25) is 5.91 Å². The highest BCUT2D eigenvalue weighted by atomic mass is 32.2. The number of benzene rings is 1. The van der Waals surface area contributed by atoms with Crippen LogP contribution in [0.5, 0.6) is 0 Å². The average molecular weight is 340 g/mol. The summed E-state index contributed by atoms with van der Waals surface area (Å²) in [4.78, 5) is 35.7. The summed E-state index contributed by atoms with van der Waals surface area (Å²) in [5, 5.41) is 19.1. The first-order chi connectivity index (χ1) is 10.9. The number of nitro groups is 1. The number of amides is 1. The molecule has 124 valence electrons. The van der Waals surface area contributed by atoms with Crippen LogP contribution in [0.2, 0.25) is 0 Å². The third kappa shape index (κ3) is 4.42. The minimum absolute atomic E-state index is 0.00851. The van der Waals surface area contributed by atoms with Gasteiger partial charge in [0, 0.05) is 23.6 Å². The van der Waals surface area contributed by atoms with Crippen molar-refractivity contribution in [3.05, 3.63) is 34.4 Å². The number of thioether (sulfide) groups is 1. The number of hydrogen-bond acceptors (Lipinski definition) is 6. The normalized spacial score (nSPS) is 19.2. The average Bonchev–Trinajstić information content (AvgIpc) is 2.54. The first-order valence-electron chi connectivity index (χ1n) is 6.93. The van der Waals surface area contributed by atoms with Crippen LogP contribution in [0.4, 0.5) is 5.69 Å². The Kier molecular flexibility index (Phi) is 5.56. The summed E-state index contributed by atoms with van der Waals surface area (Å²) in [6, 6.07) is 5.95. The maximum atomic E-state index is 12.4. The maximum Gasteiger partial charge on any atom is 0.334 e. The summed E-state index contributed by atoms with van der Waals surface area (Å²) in [6.07, 6.45) is -0.996. The Bertz CT molecular complexity index is 606. The number of nitrogens with zero attached hydrogens (tertiary/aromatic N) is 2. The van der Waals surface area contributed by atoms with Crippen LogP contribution < -0.4 is 0 Å². The second kappa shape index (κ2) is 7.42. The first-order valence-corrected chi connectivity index (χ1v) is 7.80. The van der Waals surface area contributed by atoms with Gasteiger partial charge in [0.05, 0.1) is 23.3 Å². The van der Waals surface area contributed by atoms with Crippen LogP contribution in [0.15, 0.2) is 29.2 Å². The molecule has 9 heteroatoms.